The lowest BCUT2D eigenvalue weighted by atomic mass is 9.97. The van der Waals surface area contributed by atoms with Crippen molar-refractivity contribution in [3.63, 3.8) is 0 Å². The van der Waals surface area contributed by atoms with Gasteiger partial charge in [-0.05, 0) is 43.4 Å². The van der Waals surface area contributed by atoms with Gasteiger partial charge >= 0.3 is 0 Å². The van der Waals surface area contributed by atoms with Crippen LogP contribution >= 0.6 is 11.6 Å². The monoisotopic (exact) mass is 360 g/mol. The summed E-state index contributed by atoms with van der Waals surface area (Å²) in [4.78, 5) is 30.2. The van der Waals surface area contributed by atoms with Crippen LogP contribution in [-0.2, 0) is 9.59 Å². The predicted octanol–water partition coefficient (Wildman–Crippen LogP) is 3.94. The molecule has 1 aromatic rings. The van der Waals surface area contributed by atoms with Crippen LogP contribution in [0.4, 0.5) is 0 Å². The van der Waals surface area contributed by atoms with E-state index in [-0.39, 0.29) is 30.4 Å². The van der Waals surface area contributed by atoms with E-state index in [0.29, 0.717) is 5.02 Å². The number of halogens is 1. The van der Waals surface area contributed by atoms with Crippen molar-refractivity contribution in [1.29, 1.82) is 0 Å². The molecule has 2 saturated carbocycles. The van der Waals surface area contributed by atoms with Gasteiger partial charge < -0.3 is 9.80 Å². The van der Waals surface area contributed by atoms with Gasteiger partial charge in [-0.2, -0.15) is 0 Å². The summed E-state index contributed by atoms with van der Waals surface area (Å²) in [6, 6.07) is 7.38. The number of rotatable bonds is 3. The van der Waals surface area contributed by atoms with Crippen molar-refractivity contribution >= 4 is 23.4 Å². The van der Waals surface area contributed by atoms with Crippen molar-refractivity contribution in [3.8, 4) is 0 Å². The molecule has 1 aliphatic heterocycles. The summed E-state index contributed by atoms with van der Waals surface area (Å²) in [5.74, 6) is 0.207. The molecule has 2 amide bonds. The molecule has 4 nitrogen and oxygen atoms in total. The number of carbonyl (C=O) groups excluding carboxylic acids is 2. The molecule has 4 rings (SSSR count). The Kier molecular flexibility index (Phi) is 4.72. The predicted molar refractivity (Wildman–Crippen MR) is 97.3 cm³/mol. The number of benzene rings is 1. The molecule has 0 aromatic heterocycles. The van der Waals surface area contributed by atoms with Crippen LogP contribution in [0.1, 0.15) is 63.0 Å². The Hall–Kier alpha value is -1.55. The lowest BCUT2D eigenvalue weighted by molar-refractivity contribution is -0.161. The molecule has 1 heterocycles. The van der Waals surface area contributed by atoms with Crippen LogP contribution in [0.25, 0.3) is 0 Å². The van der Waals surface area contributed by atoms with E-state index in [0.717, 1.165) is 56.9 Å². The summed E-state index contributed by atoms with van der Waals surface area (Å²) in [6.45, 7) is 0.254. The topological polar surface area (TPSA) is 40.6 Å². The van der Waals surface area contributed by atoms with Gasteiger partial charge in [-0.3, -0.25) is 9.59 Å². The standard InChI is InChI=1S/C20H25ClN2O2/c21-15-11-9-14(10-12-15)19-20(25)22(16-5-1-2-6-16)13-18(24)23(19)17-7-3-4-8-17/h9-12,16-17,19H,1-8,13H2. The molecule has 5 heteroatoms. The number of amides is 2. The first kappa shape index (κ1) is 16.9. The molecular formula is C20H25ClN2O2. The summed E-state index contributed by atoms with van der Waals surface area (Å²) < 4.78 is 0. The van der Waals surface area contributed by atoms with Crippen LogP contribution in [0.5, 0.6) is 0 Å². The third kappa shape index (κ3) is 3.17. The molecule has 1 atom stereocenters. The minimum absolute atomic E-state index is 0.0979. The zero-order valence-corrected chi connectivity index (χ0v) is 15.3. The van der Waals surface area contributed by atoms with Crippen LogP contribution in [-0.4, -0.2) is 40.2 Å². The zero-order chi connectivity index (χ0) is 17.4. The van der Waals surface area contributed by atoms with E-state index in [1.54, 1.807) is 0 Å². The fourth-order valence-electron chi connectivity index (χ4n) is 4.80. The average molecular weight is 361 g/mol. The van der Waals surface area contributed by atoms with Crippen molar-refractivity contribution in [3.05, 3.63) is 34.9 Å². The molecule has 2 aliphatic carbocycles. The van der Waals surface area contributed by atoms with E-state index in [2.05, 4.69) is 0 Å². The van der Waals surface area contributed by atoms with Crippen LogP contribution in [0.3, 0.4) is 0 Å². The van der Waals surface area contributed by atoms with Gasteiger partial charge in [0.05, 0.1) is 0 Å². The van der Waals surface area contributed by atoms with Gasteiger partial charge in [0.15, 0.2) is 0 Å². The normalized spacial score (nSPS) is 26.0. The smallest absolute Gasteiger partial charge is 0.250 e. The summed E-state index contributed by atoms with van der Waals surface area (Å²) in [5, 5.41) is 0.651. The Morgan fingerprint density at radius 2 is 1.40 bits per heavy atom. The molecule has 3 fully saturated rings. The second-order valence-corrected chi connectivity index (χ2v) is 8.03. The van der Waals surface area contributed by atoms with Gasteiger partial charge in [-0.15, -0.1) is 0 Å². The van der Waals surface area contributed by atoms with E-state index in [1.165, 1.54) is 0 Å². The first-order valence-electron chi connectivity index (χ1n) is 9.52. The van der Waals surface area contributed by atoms with Crippen molar-refractivity contribution < 1.29 is 9.59 Å². The van der Waals surface area contributed by atoms with Gasteiger partial charge in [0.25, 0.3) is 5.91 Å². The highest BCUT2D eigenvalue weighted by Crippen LogP contribution is 2.37. The Balaban J connectivity index is 1.69. The van der Waals surface area contributed by atoms with Crippen molar-refractivity contribution in [2.24, 2.45) is 0 Å². The largest absolute Gasteiger partial charge is 0.328 e. The molecule has 0 radical (unpaired) electrons. The number of carbonyl (C=O) groups is 2. The SMILES string of the molecule is O=C1C(c2ccc(Cl)cc2)N(C2CCCC2)C(=O)CN1C1CCCC1. The molecule has 0 N–H and O–H groups in total. The second-order valence-electron chi connectivity index (χ2n) is 7.60. The molecule has 1 aromatic carbocycles. The Labute approximate surface area is 154 Å². The minimum atomic E-state index is -0.484. The maximum absolute atomic E-state index is 13.4. The molecule has 3 aliphatic rings. The van der Waals surface area contributed by atoms with Crippen molar-refractivity contribution in [1.82, 2.24) is 9.80 Å². The minimum Gasteiger partial charge on any atom is -0.328 e. The Morgan fingerprint density at radius 1 is 0.840 bits per heavy atom. The van der Waals surface area contributed by atoms with Crippen molar-refractivity contribution in [2.75, 3.05) is 6.54 Å². The van der Waals surface area contributed by atoms with Crippen molar-refractivity contribution in [2.45, 2.75) is 69.5 Å². The van der Waals surface area contributed by atoms with Gasteiger partial charge in [0.2, 0.25) is 5.91 Å². The lowest BCUT2D eigenvalue weighted by Crippen LogP contribution is -2.60. The van der Waals surface area contributed by atoms with Gasteiger partial charge in [0, 0.05) is 17.1 Å². The Bertz CT molecular complexity index is 648. The molecule has 134 valence electrons. The van der Waals surface area contributed by atoms with E-state index >= 15 is 0 Å². The molecular weight excluding hydrogens is 336 g/mol. The van der Waals surface area contributed by atoms with E-state index < -0.39 is 6.04 Å². The van der Waals surface area contributed by atoms with Gasteiger partial charge in [-0.25, -0.2) is 0 Å². The van der Waals surface area contributed by atoms with Gasteiger partial charge in [-0.1, -0.05) is 49.4 Å². The second kappa shape index (κ2) is 6.99. The third-order valence-corrected chi connectivity index (χ3v) is 6.31. The molecule has 25 heavy (non-hydrogen) atoms. The number of hydrogen-bond acceptors (Lipinski definition) is 2. The highest BCUT2D eigenvalue weighted by Gasteiger charge is 2.46. The fourth-order valence-corrected chi connectivity index (χ4v) is 4.92. The van der Waals surface area contributed by atoms with E-state index in [4.69, 9.17) is 11.6 Å². The fraction of sp³-hybridized carbons (Fsp3) is 0.600. The summed E-state index contributed by atoms with van der Waals surface area (Å²) in [6.07, 6.45) is 8.65. The van der Waals surface area contributed by atoms with Gasteiger partial charge in [0.1, 0.15) is 12.6 Å². The number of hydrogen-bond donors (Lipinski definition) is 0. The van der Waals surface area contributed by atoms with E-state index in [1.807, 2.05) is 34.1 Å². The highest BCUT2D eigenvalue weighted by atomic mass is 35.5. The molecule has 1 saturated heterocycles. The first-order valence-corrected chi connectivity index (χ1v) is 9.90. The summed E-state index contributed by atoms with van der Waals surface area (Å²) in [5.41, 5.74) is 0.886. The molecule has 0 spiro atoms. The first-order chi connectivity index (χ1) is 12.1. The Morgan fingerprint density at radius 3 is 2.00 bits per heavy atom. The number of nitrogens with zero attached hydrogens (tertiary/aromatic N) is 2. The maximum atomic E-state index is 13.4. The van der Waals surface area contributed by atoms with Crippen LogP contribution < -0.4 is 0 Å². The quantitative estimate of drug-likeness (QED) is 0.819. The van der Waals surface area contributed by atoms with E-state index in [9.17, 15) is 9.59 Å². The third-order valence-electron chi connectivity index (χ3n) is 6.06. The summed E-state index contributed by atoms with van der Waals surface area (Å²) >= 11 is 6.04. The zero-order valence-electron chi connectivity index (χ0n) is 14.5. The number of piperazine rings is 1. The summed E-state index contributed by atoms with van der Waals surface area (Å²) in [7, 11) is 0. The average Bonchev–Trinajstić information content (AvgIpc) is 3.30. The van der Waals surface area contributed by atoms with Crippen LogP contribution in [0, 0.1) is 0 Å². The lowest BCUT2D eigenvalue weighted by Gasteiger charge is -2.45. The van der Waals surface area contributed by atoms with Crippen LogP contribution in [0.15, 0.2) is 24.3 Å². The highest BCUT2D eigenvalue weighted by molar-refractivity contribution is 6.30. The van der Waals surface area contributed by atoms with Crippen LogP contribution in [0.2, 0.25) is 5.02 Å². The molecule has 0 bridgehead atoms. The maximum Gasteiger partial charge on any atom is 0.250 e. The molecule has 1 unspecified atom stereocenters.